The van der Waals surface area contributed by atoms with Crippen LogP contribution in [0.1, 0.15) is 51.4 Å². The number of carbonyl (C=O) groups excluding carboxylic acids is 1. The van der Waals surface area contributed by atoms with Gasteiger partial charge < -0.3 is 20.4 Å². The lowest BCUT2D eigenvalue weighted by Crippen LogP contribution is -2.51. The van der Waals surface area contributed by atoms with Crippen molar-refractivity contribution in [2.45, 2.75) is 57.0 Å². The number of anilines is 1. The molecule has 2 aromatic rings. The van der Waals surface area contributed by atoms with Crippen LogP contribution in [0, 0.1) is 5.41 Å². The molecule has 2 aromatic heterocycles. The Labute approximate surface area is 181 Å². The molecule has 0 unspecified atom stereocenters. The Bertz CT molecular complexity index is 944. The summed E-state index contributed by atoms with van der Waals surface area (Å²) in [5, 5.41) is 24.1. The molecule has 1 amide bonds. The van der Waals surface area contributed by atoms with Crippen molar-refractivity contribution in [2.75, 3.05) is 24.5 Å². The summed E-state index contributed by atoms with van der Waals surface area (Å²) in [5.74, 6) is -1.01. The Morgan fingerprint density at radius 3 is 2.52 bits per heavy atom. The first-order valence-corrected chi connectivity index (χ1v) is 11.0. The van der Waals surface area contributed by atoms with Gasteiger partial charge >= 0.3 is 5.97 Å². The molecule has 1 aliphatic carbocycles. The second kappa shape index (κ2) is 8.78. The van der Waals surface area contributed by atoms with Crippen LogP contribution in [0.25, 0.3) is 10.9 Å². The number of carbonyl (C=O) groups is 2. The van der Waals surface area contributed by atoms with Gasteiger partial charge in [0.25, 0.3) is 0 Å². The van der Waals surface area contributed by atoms with E-state index in [0.29, 0.717) is 25.9 Å². The fourth-order valence-corrected chi connectivity index (χ4v) is 5.12. The Hall–Kier alpha value is -2.74. The van der Waals surface area contributed by atoms with Crippen LogP contribution in [0.5, 0.6) is 0 Å². The Balaban J connectivity index is 1.32. The molecule has 1 aliphatic heterocycles. The molecule has 0 bridgehead atoms. The first-order valence-electron chi connectivity index (χ1n) is 11.0. The summed E-state index contributed by atoms with van der Waals surface area (Å²) in [4.78, 5) is 34.6. The lowest BCUT2D eigenvalue weighted by Gasteiger charge is -2.39. The number of pyridine rings is 2. The smallest absolute Gasteiger partial charge is 0.303 e. The molecule has 1 saturated heterocycles. The third-order valence-corrected chi connectivity index (χ3v) is 6.90. The maximum atomic E-state index is 12.6. The summed E-state index contributed by atoms with van der Waals surface area (Å²) >= 11 is 0. The number of carboxylic acids is 1. The third-order valence-electron chi connectivity index (χ3n) is 6.90. The molecule has 0 spiro atoms. The van der Waals surface area contributed by atoms with Gasteiger partial charge in [-0.1, -0.05) is 12.8 Å². The number of carboxylic acid groups (broad SMARTS) is 1. The van der Waals surface area contributed by atoms with E-state index in [0.717, 1.165) is 42.3 Å². The van der Waals surface area contributed by atoms with E-state index in [1.165, 1.54) is 0 Å². The van der Waals surface area contributed by atoms with Crippen molar-refractivity contribution in [1.29, 1.82) is 0 Å². The molecule has 0 aromatic carbocycles. The van der Waals surface area contributed by atoms with Crippen LogP contribution in [0.3, 0.4) is 0 Å². The van der Waals surface area contributed by atoms with Crippen molar-refractivity contribution < 1.29 is 19.8 Å². The number of aliphatic carboxylic acids is 1. The van der Waals surface area contributed by atoms with Crippen LogP contribution in [0.15, 0.2) is 30.7 Å². The number of fused-ring (bicyclic) bond motifs is 1. The highest BCUT2D eigenvalue weighted by atomic mass is 16.4. The van der Waals surface area contributed by atoms with Crippen molar-refractivity contribution in [3.8, 4) is 0 Å². The van der Waals surface area contributed by atoms with E-state index in [4.69, 9.17) is 0 Å². The first kappa shape index (κ1) is 21.5. The van der Waals surface area contributed by atoms with Crippen LogP contribution < -0.4 is 10.2 Å². The zero-order chi connectivity index (χ0) is 21.9. The predicted molar refractivity (Wildman–Crippen MR) is 117 cm³/mol. The zero-order valence-electron chi connectivity index (χ0n) is 17.7. The standard InChI is InChI=1S/C23H30N4O4/c28-20(13-22(14-21(29)30)5-1-2-6-22)26-16-23(31)7-11-27(12-8-23)19-4-10-25-18-3-9-24-15-17(18)19/h3-4,9-10,15,31H,1-2,5-8,11-14,16H2,(H,26,28)(H,29,30). The molecule has 8 heteroatoms. The summed E-state index contributed by atoms with van der Waals surface area (Å²) in [6.07, 6.45) is 10.2. The molecule has 3 heterocycles. The maximum Gasteiger partial charge on any atom is 0.303 e. The topological polar surface area (TPSA) is 116 Å². The molecule has 4 rings (SSSR count). The average molecular weight is 427 g/mol. The molecule has 2 aliphatic rings. The Kier molecular flexibility index (Phi) is 6.09. The second-order valence-electron chi connectivity index (χ2n) is 9.17. The van der Waals surface area contributed by atoms with Gasteiger partial charge in [-0.05, 0) is 43.2 Å². The largest absolute Gasteiger partial charge is 0.481 e. The van der Waals surface area contributed by atoms with Gasteiger partial charge in [0.15, 0.2) is 0 Å². The van der Waals surface area contributed by atoms with E-state index in [1.807, 2.05) is 18.3 Å². The number of piperidine rings is 1. The van der Waals surface area contributed by atoms with Crippen molar-refractivity contribution in [3.05, 3.63) is 30.7 Å². The third kappa shape index (κ3) is 4.95. The summed E-state index contributed by atoms with van der Waals surface area (Å²) < 4.78 is 0. The van der Waals surface area contributed by atoms with Gasteiger partial charge in [-0.15, -0.1) is 0 Å². The van der Waals surface area contributed by atoms with Gasteiger partial charge in [0.05, 0.1) is 17.5 Å². The lowest BCUT2D eigenvalue weighted by molar-refractivity contribution is -0.140. The van der Waals surface area contributed by atoms with Crippen LogP contribution in [-0.2, 0) is 9.59 Å². The minimum atomic E-state index is -0.955. The molecule has 2 fully saturated rings. The van der Waals surface area contributed by atoms with Crippen LogP contribution in [-0.4, -0.2) is 57.3 Å². The van der Waals surface area contributed by atoms with E-state index in [1.54, 1.807) is 12.4 Å². The number of nitrogens with one attached hydrogen (secondary N) is 1. The summed E-state index contributed by atoms with van der Waals surface area (Å²) in [6, 6.07) is 3.86. The lowest BCUT2D eigenvalue weighted by atomic mass is 9.79. The summed E-state index contributed by atoms with van der Waals surface area (Å²) in [7, 11) is 0. The molecule has 3 N–H and O–H groups in total. The molecule has 0 radical (unpaired) electrons. The van der Waals surface area contributed by atoms with E-state index < -0.39 is 17.0 Å². The van der Waals surface area contributed by atoms with E-state index in [9.17, 15) is 19.8 Å². The zero-order valence-corrected chi connectivity index (χ0v) is 17.7. The number of rotatable bonds is 7. The number of aromatic nitrogens is 2. The van der Waals surface area contributed by atoms with Crippen LogP contribution >= 0.6 is 0 Å². The van der Waals surface area contributed by atoms with Gasteiger partial charge in [-0.25, -0.2) is 0 Å². The number of amides is 1. The predicted octanol–water partition coefficient (Wildman–Crippen LogP) is 2.50. The quantitative estimate of drug-likeness (QED) is 0.623. The monoisotopic (exact) mass is 426 g/mol. The maximum absolute atomic E-state index is 12.6. The van der Waals surface area contributed by atoms with E-state index in [2.05, 4.69) is 20.2 Å². The molecule has 166 valence electrons. The van der Waals surface area contributed by atoms with Crippen LogP contribution in [0.4, 0.5) is 5.69 Å². The molecule has 0 atom stereocenters. The Morgan fingerprint density at radius 2 is 1.81 bits per heavy atom. The van der Waals surface area contributed by atoms with Gasteiger partial charge in [0.1, 0.15) is 0 Å². The summed E-state index contributed by atoms with van der Waals surface area (Å²) in [6.45, 7) is 1.54. The fourth-order valence-electron chi connectivity index (χ4n) is 5.12. The van der Waals surface area contributed by atoms with Crippen molar-refractivity contribution >= 4 is 28.5 Å². The number of aliphatic hydroxyl groups is 1. The molecule has 31 heavy (non-hydrogen) atoms. The highest BCUT2D eigenvalue weighted by molar-refractivity contribution is 5.90. The minimum Gasteiger partial charge on any atom is -0.481 e. The van der Waals surface area contributed by atoms with Gasteiger partial charge in [0, 0.05) is 55.7 Å². The summed E-state index contributed by atoms with van der Waals surface area (Å²) in [5.41, 5.74) is 0.560. The molecule has 8 nitrogen and oxygen atoms in total. The van der Waals surface area contributed by atoms with E-state index >= 15 is 0 Å². The number of hydrogen-bond acceptors (Lipinski definition) is 6. The fraction of sp³-hybridized carbons (Fsp3) is 0.565. The molecular weight excluding hydrogens is 396 g/mol. The SMILES string of the molecule is O=C(O)CC1(CC(=O)NCC2(O)CCN(c3ccnc4ccncc34)CC2)CCCC1. The van der Waals surface area contributed by atoms with Gasteiger partial charge in [-0.3, -0.25) is 19.6 Å². The first-order chi connectivity index (χ1) is 14.9. The van der Waals surface area contributed by atoms with Gasteiger partial charge in [-0.2, -0.15) is 0 Å². The molecule has 1 saturated carbocycles. The second-order valence-corrected chi connectivity index (χ2v) is 9.17. The minimum absolute atomic E-state index is 0.0361. The molecular formula is C23H30N4O4. The Morgan fingerprint density at radius 1 is 1.06 bits per heavy atom. The number of hydrogen-bond donors (Lipinski definition) is 3. The van der Waals surface area contributed by atoms with Crippen LogP contribution in [0.2, 0.25) is 0 Å². The average Bonchev–Trinajstić information content (AvgIpc) is 3.20. The normalized spacial score (nSPS) is 20.0. The van der Waals surface area contributed by atoms with Gasteiger partial charge in [0.2, 0.25) is 5.91 Å². The van der Waals surface area contributed by atoms with Crippen molar-refractivity contribution in [2.24, 2.45) is 5.41 Å². The van der Waals surface area contributed by atoms with Crippen molar-refractivity contribution in [1.82, 2.24) is 15.3 Å². The van der Waals surface area contributed by atoms with E-state index in [-0.39, 0.29) is 25.3 Å². The number of nitrogens with zero attached hydrogens (tertiary/aromatic N) is 3. The highest BCUT2D eigenvalue weighted by Crippen LogP contribution is 2.44. The van der Waals surface area contributed by atoms with Crippen molar-refractivity contribution in [3.63, 3.8) is 0 Å². The highest BCUT2D eigenvalue weighted by Gasteiger charge is 2.39.